The Balaban J connectivity index is 2.13. The average Bonchev–Trinajstić information content (AvgIpc) is 2.66. The number of nitrogens with one attached hydrogen (secondary N) is 2. The number of hydrogen-bond donors (Lipinski definition) is 3. The molecular weight excluding hydrogens is 352 g/mol. The van der Waals surface area contributed by atoms with E-state index < -0.39 is 17.8 Å². The molecule has 3 N–H and O–H groups in total. The quantitative estimate of drug-likeness (QED) is 0.646. The van der Waals surface area contributed by atoms with Crippen molar-refractivity contribution in [2.45, 2.75) is 0 Å². The van der Waals surface area contributed by atoms with Crippen LogP contribution in [0, 0.1) is 0 Å². The zero-order valence-electron chi connectivity index (χ0n) is 14.7. The number of amides is 2. The van der Waals surface area contributed by atoms with E-state index in [1.807, 2.05) is 0 Å². The van der Waals surface area contributed by atoms with Crippen molar-refractivity contribution in [1.29, 1.82) is 0 Å². The van der Waals surface area contributed by atoms with E-state index in [1.165, 1.54) is 20.3 Å². The standard InChI is InChI=1S/C19H18N2O6/c1-26-14-6-7-15(16(11-14)27-2)21-19(25)12-4-3-5-13(10-12)20-17(22)8-9-18(23)24/h3-11H,1-2H3,(H,20,22)(H,21,25)(H,23,24). The van der Waals surface area contributed by atoms with Crippen molar-refractivity contribution in [2.24, 2.45) is 0 Å². The normalized spacial score (nSPS) is 10.3. The lowest BCUT2D eigenvalue weighted by Gasteiger charge is -2.12. The maximum absolute atomic E-state index is 12.5. The summed E-state index contributed by atoms with van der Waals surface area (Å²) >= 11 is 0. The fourth-order valence-electron chi connectivity index (χ4n) is 2.17. The molecular formula is C19H18N2O6. The van der Waals surface area contributed by atoms with Gasteiger partial charge in [0.1, 0.15) is 11.5 Å². The number of benzene rings is 2. The second kappa shape index (κ2) is 9.04. The number of rotatable bonds is 7. The van der Waals surface area contributed by atoms with Crippen molar-refractivity contribution in [3.8, 4) is 11.5 Å². The van der Waals surface area contributed by atoms with Crippen LogP contribution in [0.1, 0.15) is 10.4 Å². The van der Waals surface area contributed by atoms with Crippen molar-refractivity contribution < 1.29 is 29.0 Å². The Morgan fingerprint density at radius 1 is 0.963 bits per heavy atom. The Hall–Kier alpha value is -3.81. The molecule has 0 radical (unpaired) electrons. The Labute approximate surface area is 155 Å². The summed E-state index contributed by atoms with van der Waals surface area (Å²) in [4.78, 5) is 34.6. The van der Waals surface area contributed by atoms with Crippen molar-refractivity contribution in [1.82, 2.24) is 0 Å². The van der Waals surface area contributed by atoms with Gasteiger partial charge in [-0.2, -0.15) is 0 Å². The second-order valence-electron chi connectivity index (χ2n) is 5.26. The SMILES string of the molecule is COc1ccc(NC(=O)c2cccc(NC(=O)C=CC(=O)O)c2)c(OC)c1. The summed E-state index contributed by atoms with van der Waals surface area (Å²) in [7, 11) is 3.00. The minimum absolute atomic E-state index is 0.299. The number of hydrogen-bond acceptors (Lipinski definition) is 5. The predicted octanol–water partition coefficient (Wildman–Crippen LogP) is 2.54. The zero-order chi connectivity index (χ0) is 19.8. The van der Waals surface area contributed by atoms with Crippen LogP contribution >= 0.6 is 0 Å². The molecule has 0 aliphatic carbocycles. The fourth-order valence-corrected chi connectivity index (χ4v) is 2.17. The maximum atomic E-state index is 12.5. The number of methoxy groups -OCH3 is 2. The first kappa shape index (κ1) is 19.5. The molecule has 2 aromatic rings. The molecule has 0 fully saturated rings. The van der Waals surface area contributed by atoms with Gasteiger partial charge in [-0.1, -0.05) is 6.07 Å². The first-order valence-electron chi connectivity index (χ1n) is 7.78. The monoisotopic (exact) mass is 370 g/mol. The van der Waals surface area contributed by atoms with Gasteiger partial charge in [-0.15, -0.1) is 0 Å². The molecule has 8 nitrogen and oxygen atoms in total. The molecule has 2 aromatic carbocycles. The van der Waals surface area contributed by atoms with Gasteiger partial charge in [-0.25, -0.2) is 4.79 Å². The third-order valence-corrected chi connectivity index (χ3v) is 3.43. The lowest BCUT2D eigenvalue weighted by molar-refractivity contribution is -0.131. The van der Waals surface area contributed by atoms with E-state index in [4.69, 9.17) is 14.6 Å². The van der Waals surface area contributed by atoms with Gasteiger partial charge in [0.2, 0.25) is 5.91 Å². The molecule has 0 saturated carbocycles. The van der Waals surface area contributed by atoms with E-state index in [0.29, 0.717) is 28.4 Å². The van der Waals surface area contributed by atoms with Crippen molar-refractivity contribution in [2.75, 3.05) is 24.9 Å². The van der Waals surface area contributed by atoms with E-state index >= 15 is 0 Å². The minimum atomic E-state index is -1.23. The largest absolute Gasteiger partial charge is 0.497 e. The molecule has 0 heterocycles. The minimum Gasteiger partial charge on any atom is -0.497 e. The zero-order valence-corrected chi connectivity index (χ0v) is 14.7. The summed E-state index contributed by atoms with van der Waals surface area (Å²) in [6, 6.07) is 11.2. The van der Waals surface area contributed by atoms with Crippen LogP contribution in [0.2, 0.25) is 0 Å². The first-order chi connectivity index (χ1) is 12.9. The van der Waals surface area contributed by atoms with Gasteiger partial charge in [0.05, 0.1) is 19.9 Å². The number of carboxylic acid groups (broad SMARTS) is 1. The van der Waals surface area contributed by atoms with E-state index in [2.05, 4.69) is 10.6 Å². The van der Waals surface area contributed by atoms with Crippen LogP contribution in [-0.4, -0.2) is 37.1 Å². The summed E-state index contributed by atoms with van der Waals surface area (Å²) in [5.74, 6) is -1.23. The molecule has 2 amide bonds. The Morgan fingerprint density at radius 2 is 1.74 bits per heavy atom. The van der Waals surface area contributed by atoms with Crippen molar-refractivity contribution in [3.05, 3.63) is 60.2 Å². The molecule has 0 bridgehead atoms. The van der Waals surface area contributed by atoms with Gasteiger partial charge in [0, 0.05) is 29.5 Å². The summed E-state index contributed by atoms with van der Waals surface area (Å²) in [6.45, 7) is 0. The van der Waals surface area contributed by atoms with Crippen LogP contribution in [0.4, 0.5) is 11.4 Å². The molecule has 27 heavy (non-hydrogen) atoms. The molecule has 0 aliphatic heterocycles. The van der Waals surface area contributed by atoms with Gasteiger partial charge < -0.3 is 25.2 Å². The van der Waals surface area contributed by atoms with Crippen LogP contribution in [0.25, 0.3) is 0 Å². The van der Waals surface area contributed by atoms with E-state index in [9.17, 15) is 14.4 Å². The molecule has 2 rings (SSSR count). The van der Waals surface area contributed by atoms with Gasteiger partial charge in [-0.05, 0) is 30.3 Å². The topological polar surface area (TPSA) is 114 Å². The van der Waals surface area contributed by atoms with Crippen LogP contribution in [-0.2, 0) is 9.59 Å². The number of anilines is 2. The number of carboxylic acids is 1. The third-order valence-electron chi connectivity index (χ3n) is 3.43. The first-order valence-corrected chi connectivity index (χ1v) is 7.78. The number of aliphatic carboxylic acids is 1. The molecule has 0 aromatic heterocycles. The Morgan fingerprint density at radius 3 is 2.41 bits per heavy atom. The van der Waals surface area contributed by atoms with E-state index in [-0.39, 0.29) is 0 Å². The van der Waals surface area contributed by atoms with Gasteiger partial charge in [0.15, 0.2) is 0 Å². The highest BCUT2D eigenvalue weighted by molar-refractivity contribution is 6.07. The van der Waals surface area contributed by atoms with E-state index in [1.54, 1.807) is 36.4 Å². The number of ether oxygens (including phenoxy) is 2. The average molecular weight is 370 g/mol. The lowest BCUT2D eigenvalue weighted by atomic mass is 10.1. The molecule has 0 aliphatic rings. The summed E-state index contributed by atoms with van der Waals surface area (Å²) in [5.41, 5.74) is 1.11. The second-order valence-corrected chi connectivity index (χ2v) is 5.26. The summed E-state index contributed by atoms with van der Waals surface area (Å²) < 4.78 is 10.4. The highest BCUT2D eigenvalue weighted by Crippen LogP contribution is 2.29. The fraction of sp³-hybridized carbons (Fsp3) is 0.105. The number of carbonyl (C=O) groups is 3. The Bertz CT molecular complexity index is 892. The summed E-state index contributed by atoms with van der Waals surface area (Å²) in [5, 5.41) is 13.7. The van der Waals surface area contributed by atoms with E-state index in [0.717, 1.165) is 12.2 Å². The summed E-state index contributed by atoms with van der Waals surface area (Å²) in [6.07, 6.45) is 1.61. The molecule has 0 saturated heterocycles. The highest BCUT2D eigenvalue weighted by atomic mass is 16.5. The molecule has 0 unspecified atom stereocenters. The lowest BCUT2D eigenvalue weighted by Crippen LogP contribution is -2.14. The Kier molecular flexibility index (Phi) is 6.54. The van der Waals surface area contributed by atoms with Crippen LogP contribution in [0.5, 0.6) is 11.5 Å². The molecule has 140 valence electrons. The van der Waals surface area contributed by atoms with Gasteiger partial charge in [0.25, 0.3) is 5.91 Å². The number of carbonyl (C=O) groups excluding carboxylic acids is 2. The third kappa shape index (κ3) is 5.60. The highest BCUT2D eigenvalue weighted by Gasteiger charge is 2.12. The van der Waals surface area contributed by atoms with Crippen LogP contribution in [0.15, 0.2) is 54.6 Å². The maximum Gasteiger partial charge on any atom is 0.328 e. The van der Waals surface area contributed by atoms with Crippen molar-refractivity contribution in [3.63, 3.8) is 0 Å². The predicted molar refractivity (Wildman–Crippen MR) is 99.3 cm³/mol. The molecule has 0 atom stereocenters. The van der Waals surface area contributed by atoms with Crippen LogP contribution in [0.3, 0.4) is 0 Å². The van der Waals surface area contributed by atoms with Crippen molar-refractivity contribution >= 4 is 29.2 Å². The van der Waals surface area contributed by atoms with Gasteiger partial charge >= 0.3 is 5.97 Å². The smallest absolute Gasteiger partial charge is 0.328 e. The van der Waals surface area contributed by atoms with Crippen LogP contribution < -0.4 is 20.1 Å². The molecule has 8 heteroatoms. The van der Waals surface area contributed by atoms with Gasteiger partial charge in [-0.3, -0.25) is 9.59 Å². The molecule has 0 spiro atoms.